The smallest absolute Gasteiger partial charge is 0.241 e. The van der Waals surface area contributed by atoms with Gasteiger partial charge in [-0.3, -0.25) is 4.79 Å². The molecule has 1 aliphatic rings. The number of nitrogens with two attached hydrogens (primary N) is 1. The van der Waals surface area contributed by atoms with Crippen LogP contribution in [-0.2, 0) is 24.4 Å². The molecule has 5 rings (SSSR count). The van der Waals surface area contributed by atoms with E-state index in [0.717, 1.165) is 33.8 Å². The predicted molar refractivity (Wildman–Crippen MR) is 141 cm³/mol. The van der Waals surface area contributed by atoms with E-state index in [2.05, 4.69) is 6.07 Å². The van der Waals surface area contributed by atoms with Crippen LogP contribution in [0.5, 0.6) is 11.5 Å². The second kappa shape index (κ2) is 11.1. The lowest BCUT2D eigenvalue weighted by Crippen LogP contribution is -2.62. The zero-order valence-corrected chi connectivity index (χ0v) is 20.1. The third kappa shape index (κ3) is 5.58. The minimum atomic E-state index is -0.425. The maximum absolute atomic E-state index is 12.6. The molecule has 1 fully saturated rings. The molecule has 1 heterocycles. The van der Waals surface area contributed by atoms with E-state index in [0.29, 0.717) is 26.2 Å². The van der Waals surface area contributed by atoms with Gasteiger partial charge in [0.2, 0.25) is 5.91 Å². The summed E-state index contributed by atoms with van der Waals surface area (Å²) in [5.41, 5.74) is 10.3. The van der Waals surface area contributed by atoms with E-state index < -0.39 is 6.04 Å². The Morgan fingerprint density at radius 2 is 1.33 bits per heavy atom. The van der Waals surface area contributed by atoms with Crippen LogP contribution in [0, 0.1) is 0 Å². The van der Waals surface area contributed by atoms with Crippen molar-refractivity contribution >= 4 is 5.91 Å². The first-order valence-electron chi connectivity index (χ1n) is 12.2. The number of amides is 1. The van der Waals surface area contributed by atoms with Crippen molar-refractivity contribution in [3.63, 3.8) is 0 Å². The van der Waals surface area contributed by atoms with Crippen molar-refractivity contribution in [2.75, 3.05) is 6.54 Å². The Balaban J connectivity index is 1.32. The molecule has 5 nitrogen and oxygen atoms in total. The van der Waals surface area contributed by atoms with Gasteiger partial charge in [-0.05, 0) is 40.5 Å². The first-order chi connectivity index (χ1) is 17.7. The summed E-state index contributed by atoms with van der Waals surface area (Å²) in [7, 11) is 0. The SMILES string of the molecule is N[C@H]1CN(C(Cc2ccccc2OCc2ccccc2)c2ccc(OCc3ccccc3)cc2)C1=O. The van der Waals surface area contributed by atoms with Gasteiger partial charge in [0.05, 0.1) is 6.04 Å². The van der Waals surface area contributed by atoms with Gasteiger partial charge in [-0.25, -0.2) is 0 Å². The summed E-state index contributed by atoms with van der Waals surface area (Å²) in [6, 6.07) is 35.7. The molecular formula is C31H30N2O3. The highest BCUT2D eigenvalue weighted by atomic mass is 16.5. The quantitative estimate of drug-likeness (QED) is 0.314. The standard InChI is InChI=1S/C31H30N2O3/c32-28-20-33(31(28)34)29(25-15-17-27(18-16-25)35-21-23-9-3-1-4-10-23)19-26-13-7-8-14-30(26)36-22-24-11-5-2-6-12-24/h1-18,28-29H,19-22,32H2/t28-,29?/m0/s1. The van der Waals surface area contributed by atoms with Gasteiger partial charge in [0.1, 0.15) is 30.8 Å². The number of para-hydroxylation sites is 1. The monoisotopic (exact) mass is 478 g/mol. The number of likely N-dealkylation sites (tertiary alicyclic amines) is 1. The summed E-state index contributed by atoms with van der Waals surface area (Å²) in [6.07, 6.45) is 0.633. The summed E-state index contributed by atoms with van der Waals surface area (Å²) in [5, 5.41) is 0. The third-order valence-electron chi connectivity index (χ3n) is 6.51. The van der Waals surface area contributed by atoms with Crippen LogP contribution in [0.4, 0.5) is 0 Å². The highest BCUT2D eigenvalue weighted by Crippen LogP contribution is 2.33. The summed E-state index contributed by atoms with van der Waals surface area (Å²) in [5.74, 6) is 1.60. The summed E-state index contributed by atoms with van der Waals surface area (Å²) in [4.78, 5) is 14.5. The molecule has 0 spiro atoms. The molecule has 0 radical (unpaired) electrons. The summed E-state index contributed by atoms with van der Waals surface area (Å²) < 4.78 is 12.1. The maximum Gasteiger partial charge on any atom is 0.241 e. The molecular weight excluding hydrogens is 448 g/mol. The van der Waals surface area contributed by atoms with Gasteiger partial charge >= 0.3 is 0 Å². The largest absolute Gasteiger partial charge is 0.489 e. The minimum absolute atomic E-state index is 0.0212. The van der Waals surface area contributed by atoms with Crippen LogP contribution in [0.3, 0.4) is 0 Å². The van der Waals surface area contributed by atoms with Gasteiger partial charge in [0.15, 0.2) is 0 Å². The second-order valence-corrected chi connectivity index (χ2v) is 9.04. The van der Waals surface area contributed by atoms with Gasteiger partial charge < -0.3 is 20.1 Å². The van der Waals surface area contributed by atoms with Gasteiger partial charge in [-0.1, -0.05) is 91.0 Å². The molecule has 2 atom stereocenters. The number of carbonyl (C=O) groups excluding carboxylic acids is 1. The molecule has 36 heavy (non-hydrogen) atoms. The van der Waals surface area contributed by atoms with Gasteiger partial charge in [-0.15, -0.1) is 0 Å². The van der Waals surface area contributed by atoms with Crippen molar-refractivity contribution in [2.45, 2.75) is 31.7 Å². The fourth-order valence-corrected chi connectivity index (χ4v) is 4.45. The van der Waals surface area contributed by atoms with Crippen molar-refractivity contribution < 1.29 is 14.3 Å². The van der Waals surface area contributed by atoms with Crippen LogP contribution in [-0.4, -0.2) is 23.4 Å². The normalized spacial score (nSPS) is 15.8. The number of nitrogens with zero attached hydrogens (tertiary/aromatic N) is 1. The topological polar surface area (TPSA) is 64.8 Å². The molecule has 4 aromatic carbocycles. The molecule has 1 unspecified atom stereocenters. The van der Waals surface area contributed by atoms with E-state index in [-0.39, 0.29) is 11.9 Å². The Hall–Kier alpha value is -4.09. The maximum atomic E-state index is 12.6. The highest BCUT2D eigenvalue weighted by molar-refractivity contribution is 5.88. The van der Waals surface area contributed by atoms with E-state index >= 15 is 0 Å². The van der Waals surface area contributed by atoms with Crippen LogP contribution >= 0.6 is 0 Å². The lowest BCUT2D eigenvalue weighted by atomic mass is 9.93. The van der Waals surface area contributed by atoms with Crippen molar-refractivity contribution in [3.05, 3.63) is 131 Å². The molecule has 0 saturated carbocycles. The summed E-state index contributed by atoms with van der Waals surface area (Å²) in [6.45, 7) is 1.54. The van der Waals surface area contributed by atoms with E-state index in [1.54, 1.807) is 0 Å². The Bertz CT molecular complexity index is 1280. The average Bonchev–Trinajstić information content (AvgIpc) is 2.94. The number of β-lactam (4-membered cyclic amide) rings is 1. The molecule has 5 heteroatoms. The van der Waals surface area contributed by atoms with Crippen LogP contribution in [0.15, 0.2) is 109 Å². The zero-order chi connectivity index (χ0) is 24.7. The molecule has 0 aliphatic carbocycles. The van der Waals surface area contributed by atoms with E-state index in [4.69, 9.17) is 15.2 Å². The van der Waals surface area contributed by atoms with Crippen LogP contribution in [0.1, 0.15) is 28.3 Å². The fourth-order valence-electron chi connectivity index (χ4n) is 4.45. The van der Waals surface area contributed by atoms with Gasteiger partial charge in [0.25, 0.3) is 0 Å². The number of rotatable bonds is 10. The molecule has 4 aromatic rings. The third-order valence-corrected chi connectivity index (χ3v) is 6.51. The number of hydrogen-bond acceptors (Lipinski definition) is 4. The van der Waals surface area contributed by atoms with Gasteiger partial charge in [0, 0.05) is 13.0 Å². The Kier molecular flexibility index (Phi) is 7.29. The Morgan fingerprint density at radius 1 is 0.750 bits per heavy atom. The Labute approximate surface area is 212 Å². The highest BCUT2D eigenvalue weighted by Gasteiger charge is 2.39. The van der Waals surface area contributed by atoms with Crippen molar-refractivity contribution in [1.29, 1.82) is 0 Å². The van der Waals surface area contributed by atoms with Crippen LogP contribution in [0.2, 0.25) is 0 Å². The molecule has 1 saturated heterocycles. The first kappa shape index (κ1) is 23.6. The second-order valence-electron chi connectivity index (χ2n) is 9.04. The van der Waals surface area contributed by atoms with Crippen LogP contribution < -0.4 is 15.2 Å². The predicted octanol–water partition coefficient (Wildman–Crippen LogP) is 5.30. The number of ether oxygens (including phenoxy) is 2. The Morgan fingerprint density at radius 3 is 1.94 bits per heavy atom. The molecule has 0 aromatic heterocycles. The molecule has 2 N–H and O–H groups in total. The van der Waals surface area contributed by atoms with E-state index in [9.17, 15) is 4.79 Å². The van der Waals surface area contributed by atoms with E-state index in [1.165, 1.54) is 0 Å². The van der Waals surface area contributed by atoms with Crippen LogP contribution in [0.25, 0.3) is 0 Å². The summed E-state index contributed by atoms with van der Waals surface area (Å²) >= 11 is 0. The molecule has 1 amide bonds. The minimum Gasteiger partial charge on any atom is -0.489 e. The lowest BCUT2D eigenvalue weighted by Gasteiger charge is -2.42. The number of carbonyl (C=O) groups is 1. The first-order valence-corrected chi connectivity index (χ1v) is 12.2. The lowest BCUT2D eigenvalue weighted by molar-refractivity contribution is -0.145. The molecule has 182 valence electrons. The zero-order valence-electron chi connectivity index (χ0n) is 20.1. The van der Waals surface area contributed by atoms with Gasteiger partial charge in [-0.2, -0.15) is 0 Å². The van der Waals surface area contributed by atoms with E-state index in [1.807, 2.05) is 108 Å². The average molecular weight is 479 g/mol. The van der Waals surface area contributed by atoms with Crippen molar-refractivity contribution in [1.82, 2.24) is 4.90 Å². The number of hydrogen-bond donors (Lipinski definition) is 1. The fraction of sp³-hybridized carbons (Fsp3) is 0.194. The van der Waals surface area contributed by atoms with Crippen molar-refractivity contribution in [3.8, 4) is 11.5 Å². The van der Waals surface area contributed by atoms with Crippen molar-refractivity contribution in [2.24, 2.45) is 5.73 Å². The number of benzene rings is 4. The molecule has 1 aliphatic heterocycles. The molecule has 0 bridgehead atoms.